The molecule has 4 heteroatoms. The van der Waals surface area contributed by atoms with Gasteiger partial charge in [-0.3, -0.25) is 4.98 Å². The Morgan fingerprint density at radius 3 is 2.00 bits per heavy atom. The molecule has 0 amide bonds. The van der Waals surface area contributed by atoms with Gasteiger partial charge in [-0.05, 0) is 49.2 Å². The molecule has 2 unspecified atom stereocenters. The van der Waals surface area contributed by atoms with Crippen LogP contribution in [0.2, 0.25) is 0 Å². The summed E-state index contributed by atoms with van der Waals surface area (Å²) >= 11 is 0. The van der Waals surface area contributed by atoms with Crippen LogP contribution in [-0.2, 0) is 0 Å². The topological polar surface area (TPSA) is 65.4 Å². The van der Waals surface area contributed by atoms with E-state index in [2.05, 4.69) is 17.2 Å². The Morgan fingerprint density at radius 1 is 0.895 bits per heavy atom. The number of aromatic nitrogens is 1. The molecule has 0 aliphatic heterocycles. The first kappa shape index (κ1) is 13.4. The smallest absolute Gasteiger partial charge is 0.119 e. The Kier molecular flexibility index (Phi) is 4.02. The number of rotatable bonds is 4. The van der Waals surface area contributed by atoms with Gasteiger partial charge in [0, 0.05) is 30.5 Å². The highest BCUT2D eigenvalue weighted by molar-refractivity contribution is 5.38. The number of phenolic OH excluding ortho intramolecular Hbond substituents is 2. The third kappa shape index (κ3) is 3.45. The summed E-state index contributed by atoms with van der Waals surface area (Å²) in [6.45, 7) is 4.06. The van der Waals surface area contributed by atoms with Gasteiger partial charge in [-0.15, -0.1) is 0 Å². The van der Waals surface area contributed by atoms with Gasteiger partial charge < -0.3 is 15.5 Å². The van der Waals surface area contributed by atoms with Crippen LogP contribution >= 0.6 is 0 Å². The molecule has 0 saturated heterocycles. The molecule has 0 aliphatic rings. The Morgan fingerprint density at radius 2 is 1.42 bits per heavy atom. The van der Waals surface area contributed by atoms with Gasteiger partial charge >= 0.3 is 0 Å². The number of phenols is 2. The van der Waals surface area contributed by atoms with E-state index >= 15 is 0 Å². The number of hydrogen-bond donors (Lipinski definition) is 3. The maximum atomic E-state index is 9.50. The Balaban J connectivity index is 2.10. The number of nitrogens with one attached hydrogen (secondary N) is 1. The highest BCUT2D eigenvalue weighted by Gasteiger charge is 2.12. The van der Waals surface area contributed by atoms with Crippen molar-refractivity contribution in [2.24, 2.45) is 0 Å². The molecular formula is C15H18N2O2. The quantitative estimate of drug-likeness (QED) is 0.789. The van der Waals surface area contributed by atoms with E-state index in [0.29, 0.717) is 0 Å². The van der Waals surface area contributed by atoms with Crippen LogP contribution in [-0.4, -0.2) is 15.2 Å². The second-order valence-electron chi connectivity index (χ2n) is 4.67. The Labute approximate surface area is 112 Å². The molecule has 2 rings (SSSR count). The number of aromatic hydroxyl groups is 2. The molecule has 3 N–H and O–H groups in total. The monoisotopic (exact) mass is 258 g/mol. The van der Waals surface area contributed by atoms with Crippen LogP contribution in [0.25, 0.3) is 0 Å². The van der Waals surface area contributed by atoms with Crippen molar-refractivity contribution in [1.29, 1.82) is 0 Å². The lowest BCUT2D eigenvalue weighted by Crippen LogP contribution is -2.22. The third-order valence-corrected chi connectivity index (χ3v) is 3.13. The van der Waals surface area contributed by atoms with Gasteiger partial charge in [-0.2, -0.15) is 0 Å². The van der Waals surface area contributed by atoms with E-state index in [0.717, 1.165) is 11.1 Å². The Hall–Kier alpha value is -2.07. The summed E-state index contributed by atoms with van der Waals surface area (Å²) in [5.74, 6) is 0.139. The predicted octanol–water partition coefficient (Wildman–Crippen LogP) is 2.90. The molecule has 0 spiro atoms. The summed E-state index contributed by atoms with van der Waals surface area (Å²) in [4.78, 5) is 3.99. The fraction of sp³-hybridized carbons (Fsp3) is 0.267. The fourth-order valence-corrected chi connectivity index (χ4v) is 2.09. The van der Waals surface area contributed by atoms with Gasteiger partial charge in [-0.1, -0.05) is 0 Å². The minimum atomic E-state index is 0.0150. The van der Waals surface area contributed by atoms with E-state index in [4.69, 9.17) is 0 Å². The molecule has 2 atom stereocenters. The van der Waals surface area contributed by atoms with Gasteiger partial charge in [0.25, 0.3) is 0 Å². The van der Waals surface area contributed by atoms with E-state index in [1.54, 1.807) is 24.5 Å². The van der Waals surface area contributed by atoms with Crippen molar-refractivity contribution < 1.29 is 10.2 Å². The average molecular weight is 258 g/mol. The molecule has 19 heavy (non-hydrogen) atoms. The van der Waals surface area contributed by atoms with Gasteiger partial charge in [0.05, 0.1) is 0 Å². The summed E-state index contributed by atoms with van der Waals surface area (Å²) < 4.78 is 0. The minimum Gasteiger partial charge on any atom is -0.508 e. The number of benzene rings is 1. The number of nitrogens with zero attached hydrogens (tertiary/aromatic N) is 1. The maximum Gasteiger partial charge on any atom is 0.119 e. The van der Waals surface area contributed by atoms with Gasteiger partial charge in [0.15, 0.2) is 0 Å². The second-order valence-corrected chi connectivity index (χ2v) is 4.67. The molecule has 1 aromatic heterocycles. The lowest BCUT2D eigenvalue weighted by molar-refractivity contribution is 0.442. The molecule has 0 saturated carbocycles. The van der Waals surface area contributed by atoms with Crippen LogP contribution < -0.4 is 5.32 Å². The number of pyridine rings is 1. The zero-order valence-electron chi connectivity index (χ0n) is 11.0. The van der Waals surface area contributed by atoms with Crippen molar-refractivity contribution in [2.75, 3.05) is 0 Å². The highest BCUT2D eigenvalue weighted by Crippen LogP contribution is 2.26. The average Bonchev–Trinajstić information content (AvgIpc) is 2.38. The zero-order chi connectivity index (χ0) is 13.8. The molecule has 0 radical (unpaired) electrons. The maximum absolute atomic E-state index is 9.50. The fourth-order valence-electron chi connectivity index (χ4n) is 2.09. The molecule has 1 aromatic carbocycles. The van der Waals surface area contributed by atoms with Crippen LogP contribution in [0.3, 0.4) is 0 Å². The third-order valence-electron chi connectivity index (χ3n) is 3.13. The molecule has 4 nitrogen and oxygen atoms in total. The molecule has 0 aliphatic carbocycles. The first-order chi connectivity index (χ1) is 9.06. The standard InChI is InChI=1S/C15H18N2O2/c1-10(12-3-5-16-6-4-12)17-11(2)13-7-14(18)9-15(19)8-13/h3-11,17-19H,1-2H3. The largest absolute Gasteiger partial charge is 0.508 e. The van der Waals surface area contributed by atoms with Gasteiger partial charge in [0.2, 0.25) is 0 Å². The van der Waals surface area contributed by atoms with Crippen molar-refractivity contribution in [2.45, 2.75) is 25.9 Å². The van der Waals surface area contributed by atoms with Crippen LogP contribution in [0.1, 0.15) is 37.1 Å². The summed E-state index contributed by atoms with van der Waals surface area (Å²) in [5, 5.41) is 22.4. The minimum absolute atomic E-state index is 0.0150. The first-order valence-electron chi connectivity index (χ1n) is 6.25. The summed E-state index contributed by atoms with van der Waals surface area (Å²) in [6.07, 6.45) is 3.52. The molecule has 1 heterocycles. The SMILES string of the molecule is CC(NC(C)c1cc(O)cc(O)c1)c1ccncc1. The van der Waals surface area contributed by atoms with Crippen molar-refractivity contribution >= 4 is 0 Å². The van der Waals surface area contributed by atoms with Crippen molar-refractivity contribution in [3.8, 4) is 11.5 Å². The van der Waals surface area contributed by atoms with Crippen LogP contribution in [0.15, 0.2) is 42.7 Å². The van der Waals surface area contributed by atoms with Crippen molar-refractivity contribution in [3.63, 3.8) is 0 Å². The van der Waals surface area contributed by atoms with Crippen molar-refractivity contribution in [3.05, 3.63) is 53.9 Å². The van der Waals surface area contributed by atoms with Crippen molar-refractivity contribution in [1.82, 2.24) is 10.3 Å². The lowest BCUT2D eigenvalue weighted by Gasteiger charge is -2.21. The zero-order valence-corrected chi connectivity index (χ0v) is 11.0. The second kappa shape index (κ2) is 5.71. The summed E-state index contributed by atoms with van der Waals surface area (Å²) in [5.41, 5.74) is 1.99. The van der Waals surface area contributed by atoms with E-state index in [9.17, 15) is 10.2 Å². The summed E-state index contributed by atoms with van der Waals surface area (Å²) in [6, 6.07) is 8.72. The first-order valence-corrected chi connectivity index (χ1v) is 6.25. The molecular weight excluding hydrogens is 240 g/mol. The van der Waals surface area contributed by atoms with E-state index in [1.807, 2.05) is 19.1 Å². The normalized spacial score (nSPS) is 14.0. The predicted molar refractivity (Wildman–Crippen MR) is 74.0 cm³/mol. The molecule has 100 valence electrons. The van der Waals surface area contributed by atoms with Crippen LogP contribution in [0.4, 0.5) is 0 Å². The van der Waals surface area contributed by atoms with E-state index in [-0.39, 0.29) is 23.6 Å². The number of hydrogen-bond acceptors (Lipinski definition) is 4. The van der Waals surface area contributed by atoms with Gasteiger partial charge in [-0.25, -0.2) is 0 Å². The van der Waals surface area contributed by atoms with Crippen LogP contribution in [0.5, 0.6) is 11.5 Å². The molecule has 0 bridgehead atoms. The molecule has 2 aromatic rings. The summed E-state index contributed by atoms with van der Waals surface area (Å²) in [7, 11) is 0. The van der Waals surface area contributed by atoms with Gasteiger partial charge in [0.1, 0.15) is 11.5 Å². The molecule has 0 fully saturated rings. The highest BCUT2D eigenvalue weighted by atomic mass is 16.3. The van der Waals surface area contributed by atoms with E-state index in [1.165, 1.54) is 6.07 Å². The lowest BCUT2D eigenvalue weighted by atomic mass is 10.0. The Bertz CT molecular complexity index is 523. The van der Waals surface area contributed by atoms with Crippen LogP contribution in [0, 0.1) is 0 Å². The van der Waals surface area contributed by atoms with E-state index < -0.39 is 0 Å².